The highest BCUT2D eigenvalue weighted by Gasteiger charge is 2.30. The second-order valence-electron chi connectivity index (χ2n) is 8.02. The van der Waals surface area contributed by atoms with Gasteiger partial charge in [-0.3, -0.25) is 14.3 Å². The molecule has 8 heteroatoms. The molecule has 0 radical (unpaired) electrons. The van der Waals surface area contributed by atoms with Gasteiger partial charge < -0.3 is 10.2 Å². The molecule has 2 amide bonds. The van der Waals surface area contributed by atoms with Crippen LogP contribution in [-0.4, -0.2) is 49.6 Å². The number of likely N-dealkylation sites (tertiary alicyclic amines) is 1. The predicted molar refractivity (Wildman–Crippen MR) is 114 cm³/mol. The normalized spacial score (nSPS) is 16.7. The van der Waals surface area contributed by atoms with Crippen molar-refractivity contribution in [2.24, 2.45) is 13.0 Å². The quantitative estimate of drug-likeness (QED) is 0.722. The summed E-state index contributed by atoms with van der Waals surface area (Å²) >= 11 is 0. The monoisotopic (exact) mass is 406 g/mol. The van der Waals surface area contributed by atoms with Crippen LogP contribution in [0.5, 0.6) is 0 Å². The molecule has 4 rings (SSSR count). The van der Waals surface area contributed by atoms with E-state index in [-0.39, 0.29) is 17.7 Å². The lowest BCUT2D eigenvalue weighted by molar-refractivity contribution is -0.121. The third kappa shape index (κ3) is 3.77. The molecule has 4 heterocycles. The first kappa shape index (κ1) is 20.0. The van der Waals surface area contributed by atoms with Crippen LogP contribution < -0.4 is 5.32 Å². The van der Waals surface area contributed by atoms with Crippen molar-refractivity contribution in [2.45, 2.75) is 33.6 Å². The third-order valence-corrected chi connectivity index (χ3v) is 5.57. The lowest BCUT2D eigenvalue weighted by Gasteiger charge is -2.32. The van der Waals surface area contributed by atoms with Crippen molar-refractivity contribution >= 4 is 28.7 Å². The minimum Gasteiger partial charge on any atom is -0.338 e. The Morgan fingerprint density at radius 1 is 1.20 bits per heavy atom. The number of rotatable bonds is 3. The fourth-order valence-electron chi connectivity index (χ4n) is 4.05. The Labute approximate surface area is 175 Å². The van der Waals surface area contributed by atoms with Gasteiger partial charge in [-0.15, -0.1) is 0 Å². The zero-order chi connectivity index (χ0) is 21.4. The van der Waals surface area contributed by atoms with Crippen LogP contribution in [0.1, 0.15) is 40.2 Å². The van der Waals surface area contributed by atoms with Gasteiger partial charge in [0, 0.05) is 32.0 Å². The molecule has 3 aromatic heterocycles. The van der Waals surface area contributed by atoms with Gasteiger partial charge in [0.05, 0.1) is 22.6 Å². The lowest BCUT2D eigenvalue weighted by Crippen LogP contribution is -2.44. The van der Waals surface area contributed by atoms with Crippen molar-refractivity contribution in [1.82, 2.24) is 24.6 Å². The van der Waals surface area contributed by atoms with Crippen molar-refractivity contribution in [2.75, 3.05) is 18.4 Å². The highest BCUT2D eigenvalue weighted by atomic mass is 16.2. The van der Waals surface area contributed by atoms with Gasteiger partial charge in [0.2, 0.25) is 5.91 Å². The SMILES string of the molecule is Cc1ccc(NC(=O)C2CCCN(C(=O)c3cc(C)nc4c3c(C)nn4C)C2)nc1. The molecule has 1 saturated heterocycles. The maximum atomic E-state index is 13.4. The highest BCUT2D eigenvalue weighted by molar-refractivity contribution is 6.06. The second-order valence-corrected chi connectivity index (χ2v) is 8.02. The number of hydrogen-bond acceptors (Lipinski definition) is 5. The Morgan fingerprint density at radius 2 is 2.00 bits per heavy atom. The first-order chi connectivity index (χ1) is 14.3. The Hall–Kier alpha value is -3.29. The van der Waals surface area contributed by atoms with Gasteiger partial charge in [-0.2, -0.15) is 5.10 Å². The summed E-state index contributed by atoms with van der Waals surface area (Å²) in [6, 6.07) is 5.52. The topological polar surface area (TPSA) is 93.0 Å². The van der Waals surface area contributed by atoms with E-state index >= 15 is 0 Å². The van der Waals surface area contributed by atoms with Crippen LogP contribution in [0.25, 0.3) is 11.0 Å². The van der Waals surface area contributed by atoms with Gasteiger partial charge in [-0.05, 0) is 51.3 Å². The minimum atomic E-state index is -0.265. The maximum absolute atomic E-state index is 13.4. The molecular weight excluding hydrogens is 380 g/mol. The van der Waals surface area contributed by atoms with Crippen LogP contribution in [0.4, 0.5) is 5.82 Å². The van der Waals surface area contributed by atoms with Gasteiger partial charge in [-0.1, -0.05) is 6.07 Å². The van der Waals surface area contributed by atoms with Gasteiger partial charge in [0.15, 0.2) is 5.65 Å². The number of nitrogens with zero attached hydrogens (tertiary/aromatic N) is 5. The van der Waals surface area contributed by atoms with E-state index in [0.29, 0.717) is 30.1 Å². The summed E-state index contributed by atoms with van der Waals surface area (Å²) < 4.78 is 1.70. The number of hydrogen-bond donors (Lipinski definition) is 1. The Morgan fingerprint density at radius 3 is 2.73 bits per heavy atom. The number of anilines is 1. The molecule has 0 saturated carbocycles. The van der Waals surface area contributed by atoms with Crippen LogP contribution in [0, 0.1) is 26.7 Å². The van der Waals surface area contributed by atoms with Gasteiger partial charge in [0.25, 0.3) is 5.91 Å². The third-order valence-electron chi connectivity index (χ3n) is 5.57. The van der Waals surface area contributed by atoms with E-state index in [0.717, 1.165) is 35.2 Å². The van der Waals surface area contributed by atoms with Gasteiger partial charge in [-0.25, -0.2) is 9.97 Å². The smallest absolute Gasteiger partial charge is 0.254 e. The largest absolute Gasteiger partial charge is 0.338 e. The number of nitrogens with one attached hydrogen (secondary N) is 1. The Bertz CT molecular complexity index is 1120. The molecule has 1 N–H and O–H groups in total. The Kier molecular flexibility index (Phi) is 5.24. The summed E-state index contributed by atoms with van der Waals surface area (Å²) in [5, 5.41) is 8.09. The number of carbonyl (C=O) groups excluding carboxylic acids is 2. The first-order valence-corrected chi connectivity index (χ1v) is 10.2. The van der Waals surface area contributed by atoms with Crippen molar-refractivity contribution in [3.8, 4) is 0 Å². The van der Waals surface area contributed by atoms with Crippen molar-refractivity contribution < 1.29 is 9.59 Å². The molecule has 0 bridgehead atoms. The van der Waals surface area contributed by atoms with Crippen molar-refractivity contribution in [1.29, 1.82) is 0 Å². The molecule has 0 aromatic carbocycles. The van der Waals surface area contributed by atoms with Gasteiger partial charge in [0.1, 0.15) is 5.82 Å². The van der Waals surface area contributed by atoms with Crippen LogP contribution >= 0.6 is 0 Å². The average molecular weight is 406 g/mol. The molecule has 156 valence electrons. The summed E-state index contributed by atoms with van der Waals surface area (Å²) in [5.74, 6) is 0.0933. The van der Waals surface area contributed by atoms with Crippen LogP contribution in [-0.2, 0) is 11.8 Å². The highest BCUT2D eigenvalue weighted by Crippen LogP contribution is 2.26. The molecule has 30 heavy (non-hydrogen) atoms. The van der Waals surface area contributed by atoms with E-state index in [2.05, 4.69) is 20.4 Å². The summed E-state index contributed by atoms with van der Waals surface area (Å²) in [5.41, 5.74) is 3.88. The van der Waals surface area contributed by atoms with Gasteiger partial charge >= 0.3 is 0 Å². The summed E-state index contributed by atoms with van der Waals surface area (Å²) in [6.07, 6.45) is 3.25. The fraction of sp³-hybridized carbons (Fsp3) is 0.409. The molecule has 3 aromatic rings. The summed E-state index contributed by atoms with van der Waals surface area (Å²) in [7, 11) is 1.83. The van der Waals surface area contributed by atoms with Crippen molar-refractivity contribution in [3.63, 3.8) is 0 Å². The van der Waals surface area contributed by atoms with E-state index < -0.39 is 0 Å². The number of pyridine rings is 2. The van der Waals surface area contributed by atoms with Crippen LogP contribution in [0.15, 0.2) is 24.4 Å². The summed E-state index contributed by atoms with van der Waals surface area (Å²) in [4.78, 5) is 36.7. The average Bonchev–Trinajstić information content (AvgIpc) is 3.02. The number of aryl methyl sites for hydroxylation is 4. The van der Waals surface area contributed by atoms with E-state index in [1.54, 1.807) is 21.8 Å². The van der Waals surface area contributed by atoms with Crippen molar-refractivity contribution in [3.05, 3.63) is 46.9 Å². The van der Waals surface area contributed by atoms with E-state index in [9.17, 15) is 9.59 Å². The molecule has 0 aliphatic carbocycles. The minimum absolute atomic E-state index is 0.0763. The van der Waals surface area contributed by atoms with E-state index in [1.807, 2.05) is 40.0 Å². The maximum Gasteiger partial charge on any atom is 0.254 e. The molecule has 1 atom stereocenters. The summed E-state index contributed by atoms with van der Waals surface area (Å²) in [6.45, 7) is 6.73. The molecule has 1 fully saturated rings. The Balaban J connectivity index is 1.55. The zero-order valence-corrected chi connectivity index (χ0v) is 17.8. The first-order valence-electron chi connectivity index (χ1n) is 10.2. The number of carbonyl (C=O) groups is 2. The second kappa shape index (κ2) is 7.85. The molecule has 1 unspecified atom stereocenters. The molecule has 0 spiro atoms. The number of fused-ring (bicyclic) bond motifs is 1. The number of aromatic nitrogens is 4. The molecule has 1 aliphatic heterocycles. The number of amides is 2. The molecule has 1 aliphatic rings. The van der Waals surface area contributed by atoms with E-state index in [4.69, 9.17) is 0 Å². The molecule has 8 nitrogen and oxygen atoms in total. The van der Waals surface area contributed by atoms with Crippen LogP contribution in [0.2, 0.25) is 0 Å². The van der Waals surface area contributed by atoms with E-state index in [1.165, 1.54) is 0 Å². The standard InChI is InChI=1S/C22H26N6O2/c1-13-7-8-18(23-11-13)25-21(29)16-6-5-9-28(12-16)22(30)17-10-14(2)24-20-19(17)15(3)26-27(20)4/h7-8,10-11,16H,5-6,9,12H2,1-4H3,(H,23,25,29). The lowest BCUT2D eigenvalue weighted by atomic mass is 9.96. The molecular formula is C22H26N6O2. The predicted octanol–water partition coefficient (Wildman–Crippen LogP) is 2.78. The zero-order valence-electron chi connectivity index (χ0n) is 17.8. The number of piperidine rings is 1. The fourth-order valence-corrected chi connectivity index (χ4v) is 4.05. The van der Waals surface area contributed by atoms with Crippen LogP contribution in [0.3, 0.4) is 0 Å².